The quantitative estimate of drug-likeness (QED) is 0.760. The average molecular weight is 231 g/mol. The Kier molecular flexibility index (Phi) is 3.44. The van der Waals surface area contributed by atoms with Gasteiger partial charge in [0.2, 0.25) is 0 Å². The van der Waals surface area contributed by atoms with Crippen LogP contribution in [-0.2, 0) is 11.3 Å². The molecule has 17 heavy (non-hydrogen) atoms. The molecular formula is C15H21NO. The maximum Gasteiger partial charge on any atom is 0.0717 e. The summed E-state index contributed by atoms with van der Waals surface area (Å²) in [4.78, 5) is 0. The number of hydrogen-bond acceptors (Lipinski definition) is 2. The van der Waals surface area contributed by atoms with Gasteiger partial charge in [0, 0.05) is 12.6 Å². The van der Waals surface area contributed by atoms with E-state index in [0.29, 0.717) is 0 Å². The van der Waals surface area contributed by atoms with E-state index in [9.17, 15) is 0 Å². The SMILES string of the molecule is c1ccc(COCCNC2CCC3CC32)cc1. The van der Waals surface area contributed by atoms with Crippen molar-refractivity contribution in [2.45, 2.75) is 31.9 Å². The Morgan fingerprint density at radius 2 is 2.06 bits per heavy atom. The number of hydrogen-bond donors (Lipinski definition) is 1. The van der Waals surface area contributed by atoms with Gasteiger partial charge in [0.15, 0.2) is 0 Å². The zero-order valence-corrected chi connectivity index (χ0v) is 10.3. The highest BCUT2D eigenvalue weighted by Gasteiger charge is 2.47. The molecule has 2 aliphatic rings. The largest absolute Gasteiger partial charge is 0.375 e. The molecular weight excluding hydrogens is 210 g/mol. The highest BCUT2D eigenvalue weighted by Crippen LogP contribution is 2.51. The zero-order valence-electron chi connectivity index (χ0n) is 10.3. The Balaban J connectivity index is 1.28. The maximum absolute atomic E-state index is 5.67. The predicted octanol–water partition coefficient (Wildman–Crippen LogP) is 2.59. The van der Waals surface area contributed by atoms with Gasteiger partial charge < -0.3 is 10.1 Å². The van der Waals surface area contributed by atoms with E-state index in [-0.39, 0.29) is 0 Å². The van der Waals surface area contributed by atoms with Crippen LogP contribution in [0.15, 0.2) is 30.3 Å². The smallest absolute Gasteiger partial charge is 0.0717 e. The summed E-state index contributed by atoms with van der Waals surface area (Å²) in [6.45, 7) is 2.56. The van der Waals surface area contributed by atoms with Gasteiger partial charge in [-0.2, -0.15) is 0 Å². The summed E-state index contributed by atoms with van der Waals surface area (Å²) in [6, 6.07) is 11.2. The van der Waals surface area contributed by atoms with Crippen LogP contribution in [0.5, 0.6) is 0 Å². The summed E-state index contributed by atoms with van der Waals surface area (Å²) in [5.41, 5.74) is 1.26. The number of nitrogens with one attached hydrogen (secondary N) is 1. The molecule has 2 heteroatoms. The van der Waals surface area contributed by atoms with Crippen LogP contribution in [-0.4, -0.2) is 19.2 Å². The molecule has 0 aliphatic heterocycles. The Morgan fingerprint density at radius 3 is 2.76 bits per heavy atom. The molecule has 2 saturated carbocycles. The van der Waals surface area contributed by atoms with Crippen molar-refractivity contribution < 1.29 is 4.74 Å². The summed E-state index contributed by atoms with van der Waals surface area (Å²) in [6.07, 6.45) is 4.31. The molecule has 3 unspecified atom stereocenters. The number of ether oxygens (including phenoxy) is 1. The second kappa shape index (κ2) is 5.19. The molecule has 0 bridgehead atoms. The summed E-state index contributed by atoms with van der Waals surface area (Å²) < 4.78 is 5.67. The van der Waals surface area contributed by atoms with Crippen molar-refractivity contribution in [2.24, 2.45) is 11.8 Å². The van der Waals surface area contributed by atoms with E-state index >= 15 is 0 Å². The lowest BCUT2D eigenvalue weighted by molar-refractivity contribution is 0.120. The predicted molar refractivity (Wildman–Crippen MR) is 68.7 cm³/mol. The van der Waals surface area contributed by atoms with Crippen LogP contribution in [0.2, 0.25) is 0 Å². The summed E-state index contributed by atoms with van der Waals surface area (Å²) in [5.74, 6) is 2.07. The van der Waals surface area contributed by atoms with E-state index in [2.05, 4.69) is 29.6 Å². The molecule has 0 spiro atoms. The number of benzene rings is 1. The normalized spacial score (nSPS) is 30.2. The van der Waals surface area contributed by atoms with Gasteiger partial charge in [-0.25, -0.2) is 0 Å². The molecule has 0 aromatic heterocycles. The molecule has 2 nitrogen and oxygen atoms in total. The Morgan fingerprint density at radius 1 is 1.18 bits per heavy atom. The van der Waals surface area contributed by atoms with Gasteiger partial charge in [-0.3, -0.25) is 0 Å². The molecule has 2 aliphatic carbocycles. The second-order valence-corrected chi connectivity index (χ2v) is 5.34. The van der Waals surface area contributed by atoms with Crippen molar-refractivity contribution in [2.75, 3.05) is 13.2 Å². The Labute approximate surface area is 103 Å². The molecule has 3 rings (SSSR count). The lowest BCUT2D eigenvalue weighted by Crippen LogP contribution is -2.32. The average Bonchev–Trinajstić information content (AvgIpc) is 3.05. The van der Waals surface area contributed by atoms with Crippen LogP contribution >= 0.6 is 0 Å². The van der Waals surface area contributed by atoms with Gasteiger partial charge >= 0.3 is 0 Å². The topological polar surface area (TPSA) is 21.3 Å². The third kappa shape index (κ3) is 2.88. The van der Waals surface area contributed by atoms with Crippen molar-refractivity contribution in [1.82, 2.24) is 5.32 Å². The fourth-order valence-corrected chi connectivity index (χ4v) is 3.04. The fraction of sp³-hybridized carbons (Fsp3) is 0.600. The second-order valence-electron chi connectivity index (χ2n) is 5.34. The van der Waals surface area contributed by atoms with Gasteiger partial charge in [-0.15, -0.1) is 0 Å². The fourth-order valence-electron chi connectivity index (χ4n) is 3.04. The van der Waals surface area contributed by atoms with Crippen molar-refractivity contribution in [3.05, 3.63) is 35.9 Å². The molecule has 0 heterocycles. The molecule has 92 valence electrons. The van der Waals surface area contributed by atoms with Crippen LogP contribution in [0.4, 0.5) is 0 Å². The lowest BCUT2D eigenvalue weighted by atomic mass is 10.2. The third-order valence-electron chi connectivity index (χ3n) is 4.11. The highest BCUT2D eigenvalue weighted by atomic mass is 16.5. The van der Waals surface area contributed by atoms with Gasteiger partial charge in [0.05, 0.1) is 13.2 Å². The van der Waals surface area contributed by atoms with Crippen molar-refractivity contribution >= 4 is 0 Å². The van der Waals surface area contributed by atoms with Gasteiger partial charge in [-0.05, 0) is 36.7 Å². The minimum Gasteiger partial charge on any atom is -0.375 e. The maximum atomic E-state index is 5.67. The summed E-state index contributed by atoms with van der Waals surface area (Å²) in [7, 11) is 0. The first kappa shape index (κ1) is 11.2. The first-order chi connectivity index (χ1) is 8.43. The van der Waals surface area contributed by atoms with Gasteiger partial charge in [0.1, 0.15) is 0 Å². The van der Waals surface area contributed by atoms with Crippen LogP contribution in [0.25, 0.3) is 0 Å². The summed E-state index contributed by atoms with van der Waals surface area (Å²) >= 11 is 0. The lowest BCUT2D eigenvalue weighted by Gasteiger charge is -2.14. The van der Waals surface area contributed by atoms with Gasteiger partial charge in [0.25, 0.3) is 0 Å². The zero-order chi connectivity index (χ0) is 11.5. The first-order valence-electron chi connectivity index (χ1n) is 6.78. The van der Waals surface area contributed by atoms with E-state index in [0.717, 1.165) is 37.6 Å². The van der Waals surface area contributed by atoms with Crippen LogP contribution in [0.3, 0.4) is 0 Å². The van der Waals surface area contributed by atoms with Crippen LogP contribution in [0.1, 0.15) is 24.8 Å². The Hall–Kier alpha value is -0.860. The van der Waals surface area contributed by atoms with Crippen molar-refractivity contribution in [3.8, 4) is 0 Å². The molecule has 0 saturated heterocycles. The molecule has 0 amide bonds. The van der Waals surface area contributed by atoms with E-state index in [1.165, 1.54) is 24.8 Å². The van der Waals surface area contributed by atoms with E-state index in [1.54, 1.807) is 0 Å². The van der Waals surface area contributed by atoms with E-state index in [4.69, 9.17) is 4.74 Å². The van der Waals surface area contributed by atoms with E-state index in [1.807, 2.05) is 6.07 Å². The molecule has 2 fully saturated rings. The molecule has 1 aromatic rings. The van der Waals surface area contributed by atoms with E-state index < -0.39 is 0 Å². The van der Waals surface area contributed by atoms with Crippen molar-refractivity contribution in [1.29, 1.82) is 0 Å². The van der Waals surface area contributed by atoms with Crippen LogP contribution < -0.4 is 5.32 Å². The van der Waals surface area contributed by atoms with Crippen molar-refractivity contribution in [3.63, 3.8) is 0 Å². The van der Waals surface area contributed by atoms with Crippen LogP contribution in [0, 0.1) is 11.8 Å². The minimum absolute atomic E-state index is 0.735. The number of fused-ring (bicyclic) bond motifs is 1. The molecule has 0 radical (unpaired) electrons. The Bertz CT molecular complexity index is 351. The minimum atomic E-state index is 0.735. The monoisotopic (exact) mass is 231 g/mol. The standard InChI is InChI=1S/C15H21NO/c1-2-4-12(5-3-1)11-17-9-8-16-15-7-6-13-10-14(13)15/h1-5,13-16H,6-11H2. The molecule has 1 aromatic carbocycles. The summed E-state index contributed by atoms with van der Waals surface area (Å²) in [5, 5.41) is 3.63. The highest BCUT2D eigenvalue weighted by molar-refractivity contribution is 5.13. The first-order valence-corrected chi connectivity index (χ1v) is 6.78. The molecule has 3 atom stereocenters. The third-order valence-corrected chi connectivity index (χ3v) is 4.11. The molecule has 1 N–H and O–H groups in total. The number of rotatable bonds is 6. The van der Waals surface area contributed by atoms with Gasteiger partial charge in [-0.1, -0.05) is 30.3 Å².